The first-order chi connectivity index (χ1) is 15.4. The average molecular weight is 449 g/mol. The van der Waals surface area contributed by atoms with Crippen LogP contribution < -0.4 is 15.4 Å². The number of carbonyl (C=O) groups excluding carboxylic acids is 1. The van der Waals surface area contributed by atoms with Gasteiger partial charge in [0.25, 0.3) is 5.91 Å². The van der Waals surface area contributed by atoms with Gasteiger partial charge in [-0.1, -0.05) is 12.1 Å². The molecule has 164 valence electrons. The molecule has 8 heteroatoms. The van der Waals surface area contributed by atoms with E-state index in [1.165, 1.54) is 17.6 Å². The summed E-state index contributed by atoms with van der Waals surface area (Å²) in [6, 6.07) is 14.8. The van der Waals surface area contributed by atoms with Crippen molar-refractivity contribution in [1.82, 2.24) is 9.97 Å². The second-order valence-electron chi connectivity index (χ2n) is 7.40. The maximum absolute atomic E-state index is 12.7. The fourth-order valence-corrected chi connectivity index (χ4v) is 4.45. The number of nitrogens with zero attached hydrogens (tertiary/aromatic N) is 2. The van der Waals surface area contributed by atoms with Crippen LogP contribution in [-0.4, -0.2) is 23.0 Å². The maximum atomic E-state index is 12.7. The van der Waals surface area contributed by atoms with E-state index < -0.39 is 0 Å². The lowest BCUT2D eigenvalue weighted by atomic mass is 9.99. The highest BCUT2D eigenvalue weighted by Gasteiger charge is 2.23. The fourth-order valence-electron chi connectivity index (χ4n) is 3.50. The zero-order valence-electron chi connectivity index (χ0n) is 18.3. The molecule has 0 aliphatic carbocycles. The van der Waals surface area contributed by atoms with Gasteiger partial charge in [-0.3, -0.25) is 4.79 Å². The summed E-state index contributed by atoms with van der Waals surface area (Å²) in [5.74, 6) is 1.21. The van der Waals surface area contributed by atoms with E-state index in [1.54, 1.807) is 19.2 Å². The van der Waals surface area contributed by atoms with Crippen molar-refractivity contribution in [3.05, 3.63) is 87.9 Å². The molecule has 32 heavy (non-hydrogen) atoms. The summed E-state index contributed by atoms with van der Waals surface area (Å²) in [7, 11) is 1.64. The van der Waals surface area contributed by atoms with Gasteiger partial charge in [0, 0.05) is 21.8 Å². The van der Waals surface area contributed by atoms with Crippen molar-refractivity contribution >= 4 is 28.2 Å². The van der Waals surface area contributed by atoms with Crippen molar-refractivity contribution in [2.45, 2.75) is 26.8 Å². The van der Waals surface area contributed by atoms with E-state index in [4.69, 9.17) is 9.15 Å². The second-order valence-corrected chi connectivity index (χ2v) is 8.66. The molecule has 0 fully saturated rings. The minimum atomic E-state index is -0.317. The predicted octanol–water partition coefficient (Wildman–Crippen LogP) is 5.52. The molecule has 0 aliphatic rings. The van der Waals surface area contributed by atoms with Gasteiger partial charge in [-0.2, -0.15) is 0 Å². The van der Waals surface area contributed by atoms with Crippen LogP contribution >= 0.6 is 11.3 Å². The fraction of sp³-hybridized carbons (Fsp3) is 0.208. The number of aromatic nitrogens is 2. The number of aryl methyl sites for hydroxylation is 3. The number of benzene rings is 1. The van der Waals surface area contributed by atoms with Crippen LogP contribution in [0.4, 0.5) is 10.9 Å². The minimum Gasteiger partial charge on any atom is -0.497 e. The molecule has 0 aliphatic heterocycles. The number of methoxy groups -OCH3 is 1. The van der Waals surface area contributed by atoms with E-state index in [2.05, 4.69) is 26.7 Å². The molecule has 4 aromatic rings. The van der Waals surface area contributed by atoms with Crippen molar-refractivity contribution < 1.29 is 13.9 Å². The van der Waals surface area contributed by atoms with E-state index in [0.717, 1.165) is 38.1 Å². The van der Waals surface area contributed by atoms with E-state index >= 15 is 0 Å². The molecule has 1 aromatic carbocycles. The summed E-state index contributed by atoms with van der Waals surface area (Å²) < 4.78 is 10.7. The quantitative estimate of drug-likeness (QED) is 0.387. The molecule has 4 rings (SSSR count). The van der Waals surface area contributed by atoms with Crippen molar-refractivity contribution in [2.24, 2.45) is 0 Å². The van der Waals surface area contributed by atoms with Gasteiger partial charge < -0.3 is 19.8 Å². The Morgan fingerprint density at radius 2 is 1.84 bits per heavy atom. The van der Waals surface area contributed by atoms with Gasteiger partial charge >= 0.3 is 0 Å². The highest BCUT2D eigenvalue weighted by molar-refractivity contribution is 7.16. The normalized spacial score (nSPS) is 11.8. The predicted molar refractivity (Wildman–Crippen MR) is 126 cm³/mol. The van der Waals surface area contributed by atoms with Gasteiger partial charge in [0.1, 0.15) is 10.8 Å². The maximum Gasteiger partial charge on any atom is 0.291 e. The third-order valence-corrected chi connectivity index (χ3v) is 5.83. The molecule has 0 bridgehead atoms. The summed E-state index contributed by atoms with van der Waals surface area (Å²) in [6.45, 7) is 5.88. The Balaban J connectivity index is 1.76. The van der Waals surface area contributed by atoms with Crippen LogP contribution in [0.25, 0.3) is 0 Å². The molecule has 0 saturated heterocycles. The number of hydrogen-bond donors (Lipinski definition) is 2. The van der Waals surface area contributed by atoms with E-state index in [-0.39, 0.29) is 17.7 Å². The molecular weight excluding hydrogens is 424 g/mol. The number of nitrogens with one attached hydrogen (secondary N) is 2. The van der Waals surface area contributed by atoms with Gasteiger partial charge in [-0.25, -0.2) is 9.97 Å². The van der Waals surface area contributed by atoms with Gasteiger partial charge in [0.2, 0.25) is 5.95 Å². The van der Waals surface area contributed by atoms with Crippen molar-refractivity contribution in [3.63, 3.8) is 0 Å². The number of ether oxygens (including phenoxy) is 1. The second kappa shape index (κ2) is 9.23. The monoisotopic (exact) mass is 448 g/mol. The largest absolute Gasteiger partial charge is 0.497 e. The Kier molecular flexibility index (Phi) is 6.23. The first kappa shape index (κ1) is 21.6. The van der Waals surface area contributed by atoms with E-state index in [1.807, 2.05) is 51.1 Å². The van der Waals surface area contributed by atoms with Crippen LogP contribution in [0.5, 0.6) is 5.75 Å². The Bertz CT molecular complexity index is 1210. The molecule has 0 spiro atoms. The van der Waals surface area contributed by atoms with Crippen molar-refractivity contribution in [3.8, 4) is 5.75 Å². The third kappa shape index (κ3) is 4.81. The summed E-state index contributed by atoms with van der Waals surface area (Å²) >= 11 is 1.50. The van der Waals surface area contributed by atoms with Crippen LogP contribution in [0.3, 0.4) is 0 Å². The Morgan fingerprint density at radius 1 is 1.06 bits per heavy atom. The van der Waals surface area contributed by atoms with Crippen LogP contribution in [0.1, 0.15) is 44.0 Å². The molecule has 3 heterocycles. The highest BCUT2D eigenvalue weighted by Crippen LogP contribution is 2.38. The lowest BCUT2D eigenvalue weighted by Crippen LogP contribution is -2.18. The van der Waals surface area contributed by atoms with Gasteiger partial charge in [0.05, 0.1) is 19.4 Å². The van der Waals surface area contributed by atoms with Gasteiger partial charge in [-0.15, -0.1) is 11.3 Å². The van der Waals surface area contributed by atoms with Gasteiger partial charge in [0.15, 0.2) is 5.76 Å². The number of thiophene rings is 1. The number of rotatable bonds is 7. The molecular formula is C24H24N4O3S. The Hall–Kier alpha value is -3.65. The van der Waals surface area contributed by atoms with E-state index in [9.17, 15) is 4.79 Å². The van der Waals surface area contributed by atoms with Crippen molar-refractivity contribution in [2.75, 3.05) is 17.7 Å². The molecule has 1 atom stereocenters. The molecule has 0 unspecified atom stereocenters. The molecule has 2 N–H and O–H groups in total. The number of carbonyl (C=O) groups is 1. The zero-order valence-corrected chi connectivity index (χ0v) is 19.1. The summed E-state index contributed by atoms with van der Waals surface area (Å²) in [6.07, 6.45) is 1.48. The lowest BCUT2D eigenvalue weighted by molar-refractivity contribution is 0.0997. The SMILES string of the molecule is COc1cccc([C@@H](Nc2nc(C)cc(C)n2)c2cc(C)sc2NC(=O)c2ccco2)c1. The van der Waals surface area contributed by atoms with Crippen molar-refractivity contribution in [1.29, 1.82) is 0 Å². The Morgan fingerprint density at radius 3 is 2.53 bits per heavy atom. The molecule has 1 amide bonds. The lowest BCUT2D eigenvalue weighted by Gasteiger charge is -2.21. The van der Waals surface area contributed by atoms with Gasteiger partial charge in [-0.05, 0) is 62.7 Å². The van der Waals surface area contributed by atoms with E-state index in [0.29, 0.717) is 5.95 Å². The number of furan rings is 1. The summed E-state index contributed by atoms with van der Waals surface area (Å²) in [5, 5.41) is 7.19. The molecule has 3 aromatic heterocycles. The summed E-state index contributed by atoms with van der Waals surface area (Å²) in [5.41, 5.74) is 3.61. The highest BCUT2D eigenvalue weighted by atomic mass is 32.1. The smallest absolute Gasteiger partial charge is 0.291 e. The summed E-state index contributed by atoms with van der Waals surface area (Å²) in [4.78, 5) is 22.8. The zero-order chi connectivity index (χ0) is 22.7. The molecule has 0 saturated carbocycles. The van der Waals surface area contributed by atoms with Crippen LogP contribution in [0.15, 0.2) is 59.2 Å². The molecule has 0 radical (unpaired) electrons. The topological polar surface area (TPSA) is 89.3 Å². The third-order valence-electron chi connectivity index (χ3n) is 4.85. The first-order valence-corrected chi connectivity index (χ1v) is 10.9. The minimum absolute atomic E-state index is 0.255. The number of anilines is 2. The van der Waals surface area contributed by atoms with Crippen LogP contribution in [0.2, 0.25) is 0 Å². The number of amides is 1. The first-order valence-electron chi connectivity index (χ1n) is 10.1. The number of hydrogen-bond acceptors (Lipinski definition) is 7. The standard InChI is InChI=1S/C24H24N4O3S/c1-14-11-15(2)26-24(25-14)27-21(17-7-5-8-18(13-17)30-4)19-12-16(3)32-23(19)28-22(29)20-9-6-10-31-20/h5-13,21H,1-4H3,(H,28,29)(H,25,26,27)/t21-/m1/s1. The van der Waals surface area contributed by atoms with Crippen LogP contribution in [-0.2, 0) is 0 Å². The Labute approximate surface area is 190 Å². The molecule has 7 nitrogen and oxygen atoms in total. The average Bonchev–Trinajstić information content (AvgIpc) is 3.41. The van der Waals surface area contributed by atoms with Crippen LogP contribution in [0, 0.1) is 20.8 Å².